The molecule has 1 aliphatic rings. The average molecular weight is 487 g/mol. The standard InChI is InChI=1S/C36H26N2/c1-3-12-25(13-4-1)26-14-11-17-28(24-26)38-32-21-10-8-19-30(32)36-34(38)23-22-33-35(36)29-18-7-9-20-31(29)37(33)27-15-5-2-6-16-27/h2-3,5-24H,1,4H2. The first-order valence-corrected chi connectivity index (χ1v) is 13.4. The minimum Gasteiger partial charge on any atom is -0.309 e. The Hall–Kier alpha value is -4.82. The SMILES string of the molecule is C1=CC(c2cccc(-n3c4ccccc4c4c5c6ccccc6n(-c6ccccc6)c5ccc43)c2)=CCC1. The van der Waals surface area contributed by atoms with Crippen LogP contribution in [0.15, 0.2) is 133 Å². The van der Waals surface area contributed by atoms with Crippen LogP contribution in [0, 0.1) is 0 Å². The van der Waals surface area contributed by atoms with Crippen molar-refractivity contribution >= 4 is 49.2 Å². The molecule has 7 aromatic rings. The zero-order valence-corrected chi connectivity index (χ0v) is 21.0. The number of aromatic nitrogens is 2. The van der Waals surface area contributed by atoms with Gasteiger partial charge in [-0.25, -0.2) is 0 Å². The van der Waals surface area contributed by atoms with E-state index in [0.717, 1.165) is 12.8 Å². The van der Waals surface area contributed by atoms with Crippen LogP contribution in [-0.4, -0.2) is 9.13 Å². The van der Waals surface area contributed by atoms with Crippen LogP contribution >= 0.6 is 0 Å². The zero-order chi connectivity index (χ0) is 25.1. The van der Waals surface area contributed by atoms with Crippen LogP contribution in [0.1, 0.15) is 18.4 Å². The van der Waals surface area contributed by atoms with Gasteiger partial charge in [-0.05, 0) is 72.5 Å². The summed E-state index contributed by atoms with van der Waals surface area (Å²) in [5.41, 5.74) is 9.90. The molecular formula is C36H26N2. The summed E-state index contributed by atoms with van der Waals surface area (Å²) >= 11 is 0. The zero-order valence-electron chi connectivity index (χ0n) is 21.0. The average Bonchev–Trinajstić information content (AvgIpc) is 3.51. The predicted molar refractivity (Wildman–Crippen MR) is 161 cm³/mol. The van der Waals surface area contributed by atoms with E-state index in [1.165, 1.54) is 66.1 Å². The van der Waals surface area contributed by atoms with E-state index >= 15 is 0 Å². The largest absolute Gasteiger partial charge is 0.309 e. The lowest BCUT2D eigenvalue weighted by molar-refractivity contribution is 1.04. The quantitative estimate of drug-likeness (QED) is 0.235. The summed E-state index contributed by atoms with van der Waals surface area (Å²) in [6.45, 7) is 0. The van der Waals surface area contributed by atoms with E-state index in [2.05, 4.69) is 143 Å². The molecule has 180 valence electrons. The third-order valence-electron chi connectivity index (χ3n) is 7.92. The number of para-hydroxylation sites is 3. The van der Waals surface area contributed by atoms with Crippen molar-refractivity contribution in [3.8, 4) is 11.4 Å². The summed E-state index contributed by atoms with van der Waals surface area (Å²) in [5, 5.41) is 5.19. The third kappa shape index (κ3) is 3.07. The fourth-order valence-electron chi connectivity index (χ4n) is 6.30. The first-order valence-electron chi connectivity index (χ1n) is 13.4. The highest BCUT2D eigenvalue weighted by Crippen LogP contribution is 2.42. The van der Waals surface area contributed by atoms with E-state index < -0.39 is 0 Å². The molecule has 2 aromatic heterocycles. The van der Waals surface area contributed by atoms with Crippen molar-refractivity contribution in [3.05, 3.63) is 139 Å². The van der Waals surface area contributed by atoms with E-state index in [1.54, 1.807) is 0 Å². The normalized spacial score (nSPS) is 13.6. The van der Waals surface area contributed by atoms with Crippen molar-refractivity contribution in [2.24, 2.45) is 0 Å². The van der Waals surface area contributed by atoms with Gasteiger partial charge in [0.15, 0.2) is 0 Å². The Morgan fingerprint density at radius 2 is 1.08 bits per heavy atom. The smallest absolute Gasteiger partial charge is 0.0548 e. The predicted octanol–water partition coefficient (Wildman–Crippen LogP) is 9.61. The van der Waals surface area contributed by atoms with Gasteiger partial charge in [0, 0.05) is 32.9 Å². The van der Waals surface area contributed by atoms with Gasteiger partial charge in [0.2, 0.25) is 0 Å². The molecule has 38 heavy (non-hydrogen) atoms. The number of rotatable bonds is 3. The first kappa shape index (κ1) is 21.3. The van der Waals surface area contributed by atoms with Crippen LogP contribution in [0.5, 0.6) is 0 Å². The topological polar surface area (TPSA) is 9.86 Å². The van der Waals surface area contributed by atoms with Crippen LogP contribution in [0.4, 0.5) is 0 Å². The second-order valence-electron chi connectivity index (χ2n) is 10.1. The Labute approximate surface area is 221 Å². The highest BCUT2D eigenvalue weighted by molar-refractivity contribution is 6.28. The highest BCUT2D eigenvalue weighted by Gasteiger charge is 2.20. The van der Waals surface area contributed by atoms with Crippen LogP contribution < -0.4 is 0 Å². The fourth-order valence-corrected chi connectivity index (χ4v) is 6.30. The van der Waals surface area contributed by atoms with Crippen LogP contribution in [0.3, 0.4) is 0 Å². The van der Waals surface area contributed by atoms with Crippen molar-refractivity contribution in [3.63, 3.8) is 0 Å². The Kier molecular flexibility index (Phi) is 4.68. The molecule has 0 fully saturated rings. The molecule has 0 unspecified atom stereocenters. The summed E-state index contributed by atoms with van der Waals surface area (Å²) < 4.78 is 4.84. The summed E-state index contributed by atoms with van der Waals surface area (Å²) in [6.07, 6.45) is 9.13. The van der Waals surface area contributed by atoms with Gasteiger partial charge < -0.3 is 9.13 Å². The monoisotopic (exact) mass is 486 g/mol. The van der Waals surface area contributed by atoms with Gasteiger partial charge in [-0.15, -0.1) is 0 Å². The van der Waals surface area contributed by atoms with E-state index in [-0.39, 0.29) is 0 Å². The van der Waals surface area contributed by atoms with Crippen molar-refractivity contribution < 1.29 is 0 Å². The molecule has 0 spiro atoms. The fraction of sp³-hybridized carbons (Fsp3) is 0.0556. The Balaban J connectivity index is 1.49. The van der Waals surface area contributed by atoms with Crippen LogP contribution in [0.25, 0.3) is 60.6 Å². The summed E-state index contributed by atoms with van der Waals surface area (Å²) in [7, 11) is 0. The van der Waals surface area contributed by atoms with Crippen molar-refractivity contribution in [2.45, 2.75) is 12.8 Å². The first-order chi connectivity index (χ1) is 18.9. The molecule has 0 amide bonds. The Bertz CT molecular complexity index is 2070. The second kappa shape index (κ2) is 8.36. The Morgan fingerprint density at radius 1 is 0.474 bits per heavy atom. The third-order valence-corrected chi connectivity index (χ3v) is 7.92. The lowest BCUT2D eigenvalue weighted by Crippen LogP contribution is -1.96. The molecule has 0 atom stereocenters. The minimum absolute atomic E-state index is 1.11. The number of nitrogens with zero attached hydrogens (tertiary/aromatic N) is 2. The lowest BCUT2D eigenvalue weighted by atomic mass is 9.99. The minimum atomic E-state index is 1.11. The molecule has 0 radical (unpaired) electrons. The van der Waals surface area contributed by atoms with Crippen LogP contribution in [-0.2, 0) is 0 Å². The summed E-state index contributed by atoms with van der Waals surface area (Å²) in [6, 6.07) is 41.9. The molecule has 0 aliphatic heterocycles. The number of fused-ring (bicyclic) bond motifs is 7. The van der Waals surface area contributed by atoms with Gasteiger partial charge in [-0.2, -0.15) is 0 Å². The second-order valence-corrected chi connectivity index (χ2v) is 10.1. The summed E-state index contributed by atoms with van der Waals surface area (Å²) in [5.74, 6) is 0. The maximum atomic E-state index is 2.44. The highest BCUT2D eigenvalue weighted by atomic mass is 15.0. The van der Waals surface area contributed by atoms with Gasteiger partial charge in [-0.3, -0.25) is 0 Å². The molecule has 5 aromatic carbocycles. The molecule has 0 bridgehead atoms. The van der Waals surface area contributed by atoms with Gasteiger partial charge in [-0.1, -0.05) is 85.0 Å². The molecule has 0 saturated carbocycles. The van der Waals surface area contributed by atoms with E-state index in [4.69, 9.17) is 0 Å². The van der Waals surface area contributed by atoms with E-state index in [1.807, 2.05) is 0 Å². The molecule has 0 N–H and O–H groups in total. The van der Waals surface area contributed by atoms with Crippen molar-refractivity contribution in [1.29, 1.82) is 0 Å². The molecule has 2 heterocycles. The molecule has 8 rings (SSSR count). The van der Waals surface area contributed by atoms with E-state index in [9.17, 15) is 0 Å². The number of hydrogen-bond donors (Lipinski definition) is 0. The molecule has 2 heteroatoms. The maximum Gasteiger partial charge on any atom is 0.0548 e. The van der Waals surface area contributed by atoms with Gasteiger partial charge in [0.1, 0.15) is 0 Å². The van der Waals surface area contributed by atoms with Gasteiger partial charge >= 0.3 is 0 Å². The molecule has 0 saturated heterocycles. The molecular weight excluding hydrogens is 460 g/mol. The molecule has 2 nitrogen and oxygen atoms in total. The lowest BCUT2D eigenvalue weighted by Gasteiger charge is -2.12. The van der Waals surface area contributed by atoms with Crippen molar-refractivity contribution in [2.75, 3.05) is 0 Å². The summed E-state index contributed by atoms with van der Waals surface area (Å²) in [4.78, 5) is 0. The van der Waals surface area contributed by atoms with Crippen LogP contribution in [0.2, 0.25) is 0 Å². The molecule has 1 aliphatic carbocycles. The van der Waals surface area contributed by atoms with E-state index in [0.29, 0.717) is 0 Å². The number of allylic oxidation sites excluding steroid dienone is 4. The maximum absolute atomic E-state index is 2.44. The van der Waals surface area contributed by atoms with Gasteiger partial charge in [0.05, 0.1) is 22.1 Å². The van der Waals surface area contributed by atoms with Gasteiger partial charge in [0.25, 0.3) is 0 Å². The Morgan fingerprint density at radius 3 is 1.74 bits per heavy atom. The van der Waals surface area contributed by atoms with Crippen molar-refractivity contribution in [1.82, 2.24) is 9.13 Å². The number of benzene rings is 5. The number of hydrogen-bond acceptors (Lipinski definition) is 0.